The Hall–Kier alpha value is -1.86. The van der Waals surface area contributed by atoms with Crippen LogP contribution in [0, 0.1) is 0 Å². The van der Waals surface area contributed by atoms with E-state index in [4.69, 9.17) is 4.42 Å². The average Bonchev–Trinajstić information content (AvgIpc) is 3.28. The predicted octanol–water partition coefficient (Wildman–Crippen LogP) is 3.52. The van der Waals surface area contributed by atoms with Gasteiger partial charge in [-0.3, -0.25) is 9.59 Å². The van der Waals surface area contributed by atoms with Crippen LogP contribution >= 0.6 is 23.5 Å². The molecule has 3 rings (SSSR count). The number of amides is 2. The van der Waals surface area contributed by atoms with Crippen molar-refractivity contribution >= 4 is 41.0 Å². The van der Waals surface area contributed by atoms with E-state index in [1.807, 2.05) is 41.7 Å². The highest BCUT2D eigenvalue weighted by atomic mass is 32.2. The highest BCUT2D eigenvalue weighted by molar-refractivity contribution is 8.19. The molecule has 1 aromatic carbocycles. The van der Waals surface area contributed by atoms with E-state index in [-0.39, 0.29) is 11.8 Å². The molecule has 0 aliphatic carbocycles. The van der Waals surface area contributed by atoms with E-state index in [1.54, 1.807) is 13.0 Å². The van der Waals surface area contributed by atoms with E-state index < -0.39 is 6.04 Å². The highest BCUT2D eigenvalue weighted by Crippen LogP contribution is 2.45. The minimum atomic E-state index is -0.647. The molecule has 1 aromatic heterocycles. The molecule has 1 aliphatic heterocycles. The van der Waals surface area contributed by atoms with Crippen molar-refractivity contribution in [2.24, 2.45) is 0 Å². The summed E-state index contributed by atoms with van der Waals surface area (Å²) in [6, 6.07) is 8.79. The molecule has 0 spiro atoms. The molecule has 7 heteroatoms. The van der Waals surface area contributed by atoms with Crippen molar-refractivity contribution in [2.75, 3.05) is 16.8 Å². The number of furan rings is 1. The van der Waals surface area contributed by atoms with Gasteiger partial charge >= 0.3 is 0 Å². The lowest BCUT2D eigenvalue weighted by atomic mass is 10.2. The maximum atomic E-state index is 12.3. The number of thioether (sulfide) groups is 2. The zero-order valence-corrected chi connectivity index (χ0v) is 14.8. The van der Waals surface area contributed by atoms with E-state index in [0.717, 1.165) is 17.2 Å². The summed E-state index contributed by atoms with van der Waals surface area (Å²) < 4.78 is 5.30. The first-order chi connectivity index (χ1) is 11.6. The molecule has 2 N–H and O–H groups in total. The number of carbonyl (C=O) groups excluding carboxylic acids is 2. The number of hydrogen-bond acceptors (Lipinski definition) is 5. The molecule has 2 amide bonds. The van der Waals surface area contributed by atoms with Crippen molar-refractivity contribution in [3.8, 4) is 0 Å². The maximum absolute atomic E-state index is 12.3. The van der Waals surface area contributed by atoms with Crippen LogP contribution in [0.4, 0.5) is 5.69 Å². The topological polar surface area (TPSA) is 71.3 Å². The quantitative estimate of drug-likeness (QED) is 0.852. The molecule has 0 saturated carbocycles. The fourth-order valence-electron chi connectivity index (χ4n) is 2.30. The SMILES string of the molecule is CC(NC(=O)c1ccoc1)C(=O)Nc1cccc(C2SCCS2)c1. The van der Waals surface area contributed by atoms with Crippen LogP contribution in [-0.4, -0.2) is 29.4 Å². The molecule has 1 aliphatic rings. The fourth-order valence-corrected chi connectivity index (χ4v) is 5.14. The van der Waals surface area contributed by atoms with Crippen molar-refractivity contribution in [2.45, 2.75) is 17.5 Å². The Morgan fingerprint density at radius 1 is 1.25 bits per heavy atom. The van der Waals surface area contributed by atoms with Gasteiger partial charge in [-0.15, -0.1) is 23.5 Å². The lowest BCUT2D eigenvalue weighted by Crippen LogP contribution is -2.41. The lowest BCUT2D eigenvalue weighted by Gasteiger charge is -2.15. The summed E-state index contributed by atoms with van der Waals surface area (Å²) in [5, 5.41) is 5.51. The first kappa shape index (κ1) is 17.0. The van der Waals surface area contributed by atoms with Gasteiger partial charge < -0.3 is 15.1 Å². The van der Waals surface area contributed by atoms with Gasteiger partial charge in [-0.05, 0) is 30.7 Å². The Kier molecular flexibility index (Phi) is 5.52. The van der Waals surface area contributed by atoms with Crippen LogP contribution in [0.2, 0.25) is 0 Å². The van der Waals surface area contributed by atoms with Crippen LogP contribution < -0.4 is 10.6 Å². The molecule has 126 valence electrons. The van der Waals surface area contributed by atoms with Crippen LogP contribution in [0.5, 0.6) is 0 Å². The van der Waals surface area contributed by atoms with Crippen LogP contribution in [0.3, 0.4) is 0 Å². The van der Waals surface area contributed by atoms with Crippen molar-refractivity contribution < 1.29 is 14.0 Å². The Morgan fingerprint density at radius 3 is 2.75 bits per heavy atom. The number of nitrogens with one attached hydrogen (secondary N) is 2. The molecule has 1 atom stereocenters. The van der Waals surface area contributed by atoms with Gasteiger partial charge in [-0.25, -0.2) is 0 Å². The third-order valence-corrected chi connectivity index (χ3v) is 6.68. The van der Waals surface area contributed by atoms with Crippen molar-refractivity contribution in [1.82, 2.24) is 5.32 Å². The standard InChI is InChI=1S/C17H18N2O3S2/c1-11(18-16(21)13-5-6-22-10-13)15(20)19-14-4-2-3-12(9-14)17-23-7-8-24-17/h2-6,9-11,17H,7-8H2,1H3,(H,18,21)(H,19,20). The lowest BCUT2D eigenvalue weighted by molar-refractivity contribution is -0.117. The summed E-state index contributed by atoms with van der Waals surface area (Å²) in [6.45, 7) is 1.65. The number of anilines is 1. The molecule has 1 unspecified atom stereocenters. The predicted molar refractivity (Wildman–Crippen MR) is 98.4 cm³/mol. The molecule has 2 aromatic rings. The van der Waals surface area contributed by atoms with E-state index in [2.05, 4.69) is 16.7 Å². The third kappa shape index (κ3) is 4.15. The van der Waals surface area contributed by atoms with Crippen LogP contribution in [-0.2, 0) is 4.79 Å². The summed E-state index contributed by atoms with van der Waals surface area (Å²) in [4.78, 5) is 24.2. The van der Waals surface area contributed by atoms with E-state index in [9.17, 15) is 9.59 Å². The summed E-state index contributed by atoms with van der Waals surface area (Å²) in [5.41, 5.74) is 2.34. The molecule has 2 heterocycles. The minimum absolute atomic E-state index is 0.254. The summed E-state index contributed by atoms with van der Waals surface area (Å²) in [5.74, 6) is 1.72. The van der Waals surface area contributed by atoms with E-state index in [1.165, 1.54) is 18.1 Å². The Morgan fingerprint density at radius 2 is 2.04 bits per heavy atom. The number of carbonyl (C=O) groups is 2. The number of hydrogen-bond donors (Lipinski definition) is 2. The molecule has 24 heavy (non-hydrogen) atoms. The van der Waals surface area contributed by atoms with Gasteiger partial charge in [0.05, 0.1) is 16.4 Å². The minimum Gasteiger partial charge on any atom is -0.472 e. The fraction of sp³-hybridized carbons (Fsp3) is 0.294. The first-order valence-electron chi connectivity index (χ1n) is 7.60. The van der Waals surface area contributed by atoms with Gasteiger partial charge in [-0.1, -0.05) is 12.1 Å². The van der Waals surface area contributed by atoms with Crippen LogP contribution in [0.15, 0.2) is 47.3 Å². The zero-order chi connectivity index (χ0) is 16.9. The van der Waals surface area contributed by atoms with Crippen molar-refractivity contribution in [3.63, 3.8) is 0 Å². The Balaban J connectivity index is 1.59. The van der Waals surface area contributed by atoms with Gasteiger partial charge in [0.25, 0.3) is 5.91 Å². The first-order valence-corrected chi connectivity index (χ1v) is 9.70. The summed E-state index contributed by atoms with van der Waals surface area (Å²) >= 11 is 3.84. The normalized spacial score (nSPS) is 15.9. The third-order valence-electron chi connectivity index (χ3n) is 3.57. The van der Waals surface area contributed by atoms with Gasteiger partial charge in [0.15, 0.2) is 0 Å². The second-order valence-corrected chi connectivity index (χ2v) is 8.12. The van der Waals surface area contributed by atoms with E-state index >= 15 is 0 Å². The van der Waals surface area contributed by atoms with Crippen molar-refractivity contribution in [1.29, 1.82) is 0 Å². The second kappa shape index (κ2) is 7.81. The van der Waals surface area contributed by atoms with Crippen molar-refractivity contribution in [3.05, 3.63) is 54.0 Å². The Labute approximate surface area is 149 Å². The number of rotatable bonds is 5. The molecule has 1 saturated heterocycles. The summed E-state index contributed by atoms with van der Waals surface area (Å²) in [6.07, 6.45) is 2.77. The summed E-state index contributed by atoms with van der Waals surface area (Å²) in [7, 11) is 0. The Bertz CT molecular complexity index is 712. The van der Waals surface area contributed by atoms with Crippen LogP contribution in [0.25, 0.3) is 0 Å². The number of benzene rings is 1. The molecule has 5 nitrogen and oxygen atoms in total. The van der Waals surface area contributed by atoms with Gasteiger partial charge in [-0.2, -0.15) is 0 Å². The molecule has 1 fully saturated rings. The molecule has 0 radical (unpaired) electrons. The maximum Gasteiger partial charge on any atom is 0.255 e. The zero-order valence-electron chi connectivity index (χ0n) is 13.2. The van der Waals surface area contributed by atoms with E-state index in [0.29, 0.717) is 10.1 Å². The molecular formula is C17H18N2O3S2. The average molecular weight is 362 g/mol. The van der Waals surface area contributed by atoms with Gasteiger partial charge in [0, 0.05) is 17.2 Å². The van der Waals surface area contributed by atoms with Crippen LogP contribution in [0.1, 0.15) is 27.4 Å². The monoisotopic (exact) mass is 362 g/mol. The smallest absolute Gasteiger partial charge is 0.255 e. The largest absolute Gasteiger partial charge is 0.472 e. The highest BCUT2D eigenvalue weighted by Gasteiger charge is 2.20. The van der Waals surface area contributed by atoms with Gasteiger partial charge in [0.1, 0.15) is 12.3 Å². The second-order valence-electron chi connectivity index (χ2n) is 5.40. The molecule has 0 bridgehead atoms. The van der Waals surface area contributed by atoms with Gasteiger partial charge in [0.2, 0.25) is 5.91 Å². The molecular weight excluding hydrogens is 344 g/mol.